The molecule has 0 unspecified atom stereocenters. The molecule has 1 aromatic heterocycles. The highest BCUT2D eigenvalue weighted by atomic mass is 16.5. The van der Waals surface area contributed by atoms with Gasteiger partial charge in [-0.05, 0) is 26.7 Å². The van der Waals surface area contributed by atoms with Crippen LogP contribution in [0.25, 0.3) is 0 Å². The molecule has 0 aliphatic heterocycles. The van der Waals surface area contributed by atoms with Gasteiger partial charge in [-0.15, -0.1) is 0 Å². The summed E-state index contributed by atoms with van der Waals surface area (Å²) in [4.78, 5) is 0. The van der Waals surface area contributed by atoms with Crippen LogP contribution in [0.1, 0.15) is 46.2 Å². The molecule has 0 radical (unpaired) electrons. The summed E-state index contributed by atoms with van der Waals surface area (Å²) in [6, 6.07) is 0. The Balaban J connectivity index is 2.58. The topological polar surface area (TPSA) is 62.3 Å². The van der Waals surface area contributed by atoms with E-state index in [1.807, 2.05) is 27.8 Å². The van der Waals surface area contributed by atoms with Crippen LogP contribution < -0.4 is 10.5 Å². The highest BCUT2D eigenvalue weighted by Crippen LogP contribution is 2.29. The van der Waals surface area contributed by atoms with E-state index in [-0.39, 0.29) is 5.60 Å². The van der Waals surface area contributed by atoms with E-state index in [2.05, 4.69) is 18.9 Å². The second-order valence-electron chi connectivity index (χ2n) is 5.69. The SMILES string of the molecule is CC(C)c1nn(C)c(OCCOC(C)(C)C)c1N. The smallest absolute Gasteiger partial charge is 0.235 e. The number of hydrogen-bond donors (Lipinski definition) is 1. The van der Waals surface area contributed by atoms with Crippen molar-refractivity contribution in [1.82, 2.24) is 9.78 Å². The van der Waals surface area contributed by atoms with Gasteiger partial charge in [0.25, 0.3) is 0 Å². The van der Waals surface area contributed by atoms with Crippen LogP contribution in [0.3, 0.4) is 0 Å². The molecular formula is C13H25N3O2. The lowest BCUT2D eigenvalue weighted by Crippen LogP contribution is -2.22. The molecule has 0 fully saturated rings. The zero-order chi connectivity index (χ0) is 13.9. The molecule has 0 aromatic carbocycles. The fraction of sp³-hybridized carbons (Fsp3) is 0.769. The van der Waals surface area contributed by atoms with Crippen molar-refractivity contribution in [2.75, 3.05) is 18.9 Å². The first-order chi connectivity index (χ1) is 8.22. The van der Waals surface area contributed by atoms with Crippen molar-refractivity contribution in [1.29, 1.82) is 0 Å². The van der Waals surface area contributed by atoms with Gasteiger partial charge in [-0.1, -0.05) is 13.8 Å². The molecule has 1 aromatic rings. The Kier molecular flexibility index (Phi) is 4.62. The minimum absolute atomic E-state index is 0.148. The van der Waals surface area contributed by atoms with Gasteiger partial charge in [-0.3, -0.25) is 0 Å². The standard InChI is InChI=1S/C13H25N3O2/c1-9(2)11-10(14)12(16(6)15-11)17-7-8-18-13(3,4)5/h9H,7-8,14H2,1-6H3. The predicted octanol–water partition coefficient (Wildman–Crippen LogP) is 2.32. The minimum Gasteiger partial charge on any atom is -0.474 e. The maximum atomic E-state index is 6.02. The first kappa shape index (κ1) is 14.8. The highest BCUT2D eigenvalue weighted by Gasteiger charge is 2.17. The molecule has 0 spiro atoms. The molecule has 2 N–H and O–H groups in total. The van der Waals surface area contributed by atoms with E-state index >= 15 is 0 Å². The van der Waals surface area contributed by atoms with E-state index in [0.29, 0.717) is 30.7 Å². The summed E-state index contributed by atoms with van der Waals surface area (Å²) in [5.74, 6) is 0.913. The van der Waals surface area contributed by atoms with Crippen LogP contribution in [0.2, 0.25) is 0 Å². The monoisotopic (exact) mass is 255 g/mol. The van der Waals surface area contributed by atoms with Crippen molar-refractivity contribution in [3.63, 3.8) is 0 Å². The van der Waals surface area contributed by atoms with Gasteiger partial charge < -0.3 is 15.2 Å². The molecule has 0 saturated heterocycles. The van der Waals surface area contributed by atoms with Gasteiger partial charge in [0.2, 0.25) is 5.88 Å². The molecule has 0 atom stereocenters. The van der Waals surface area contributed by atoms with E-state index < -0.39 is 0 Å². The van der Waals surface area contributed by atoms with Crippen LogP contribution in [0.4, 0.5) is 5.69 Å². The van der Waals surface area contributed by atoms with E-state index in [0.717, 1.165) is 5.69 Å². The number of hydrogen-bond acceptors (Lipinski definition) is 4. The normalized spacial score (nSPS) is 12.2. The lowest BCUT2D eigenvalue weighted by atomic mass is 10.1. The van der Waals surface area contributed by atoms with Crippen LogP contribution in [-0.4, -0.2) is 28.6 Å². The molecule has 1 heterocycles. The van der Waals surface area contributed by atoms with Gasteiger partial charge in [0, 0.05) is 7.05 Å². The van der Waals surface area contributed by atoms with Crippen molar-refractivity contribution < 1.29 is 9.47 Å². The zero-order valence-electron chi connectivity index (χ0n) is 12.3. The molecular weight excluding hydrogens is 230 g/mol. The van der Waals surface area contributed by atoms with Crippen molar-refractivity contribution in [2.45, 2.75) is 46.1 Å². The average molecular weight is 255 g/mol. The molecule has 0 bridgehead atoms. The first-order valence-electron chi connectivity index (χ1n) is 6.31. The van der Waals surface area contributed by atoms with E-state index in [9.17, 15) is 0 Å². The Morgan fingerprint density at radius 3 is 2.33 bits per heavy atom. The van der Waals surface area contributed by atoms with Gasteiger partial charge in [0.1, 0.15) is 12.3 Å². The van der Waals surface area contributed by atoms with Crippen molar-refractivity contribution in [2.24, 2.45) is 7.05 Å². The summed E-state index contributed by atoms with van der Waals surface area (Å²) in [6.45, 7) is 11.2. The molecule has 5 heteroatoms. The fourth-order valence-corrected chi connectivity index (χ4v) is 1.63. The average Bonchev–Trinajstić information content (AvgIpc) is 2.49. The molecule has 18 heavy (non-hydrogen) atoms. The Morgan fingerprint density at radius 2 is 1.89 bits per heavy atom. The number of anilines is 1. The fourth-order valence-electron chi connectivity index (χ4n) is 1.63. The number of rotatable bonds is 5. The van der Waals surface area contributed by atoms with Crippen LogP contribution in [0.15, 0.2) is 0 Å². The Labute approximate surface area is 109 Å². The maximum absolute atomic E-state index is 6.02. The minimum atomic E-state index is -0.148. The van der Waals surface area contributed by atoms with Crippen LogP contribution in [-0.2, 0) is 11.8 Å². The lowest BCUT2D eigenvalue weighted by molar-refractivity contribution is -0.0171. The Hall–Kier alpha value is -1.23. The summed E-state index contributed by atoms with van der Waals surface area (Å²) in [7, 11) is 1.84. The van der Waals surface area contributed by atoms with Crippen molar-refractivity contribution in [3.8, 4) is 5.88 Å². The van der Waals surface area contributed by atoms with E-state index in [1.54, 1.807) is 4.68 Å². The molecule has 0 saturated carbocycles. The number of aromatic nitrogens is 2. The predicted molar refractivity (Wildman–Crippen MR) is 72.9 cm³/mol. The maximum Gasteiger partial charge on any atom is 0.235 e. The zero-order valence-corrected chi connectivity index (χ0v) is 12.3. The summed E-state index contributed by atoms with van der Waals surface area (Å²) in [5.41, 5.74) is 7.38. The third-order valence-corrected chi connectivity index (χ3v) is 2.46. The number of ether oxygens (including phenoxy) is 2. The van der Waals surface area contributed by atoms with Crippen LogP contribution >= 0.6 is 0 Å². The quantitative estimate of drug-likeness (QED) is 0.820. The highest BCUT2D eigenvalue weighted by molar-refractivity contribution is 5.54. The van der Waals surface area contributed by atoms with E-state index in [4.69, 9.17) is 15.2 Å². The number of nitrogens with zero attached hydrogens (tertiary/aromatic N) is 2. The summed E-state index contributed by atoms with van der Waals surface area (Å²) >= 11 is 0. The summed E-state index contributed by atoms with van der Waals surface area (Å²) in [5, 5.41) is 4.36. The molecule has 5 nitrogen and oxygen atoms in total. The number of aryl methyl sites for hydroxylation is 1. The van der Waals surface area contributed by atoms with Crippen molar-refractivity contribution in [3.05, 3.63) is 5.69 Å². The second kappa shape index (κ2) is 5.61. The molecule has 0 aliphatic carbocycles. The molecule has 1 rings (SSSR count). The van der Waals surface area contributed by atoms with E-state index in [1.165, 1.54) is 0 Å². The first-order valence-corrected chi connectivity index (χ1v) is 6.31. The largest absolute Gasteiger partial charge is 0.474 e. The summed E-state index contributed by atoms with van der Waals surface area (Å²) < 4.78 is 12.9. The molecule has 0 amide bonds. The van der Waals surface area contributed by atoms with Gasteiger partial charge in [-0.2, -0.15) is 5.10 Å². The van der Waals surface area contributed by atoms with Crippen LogP contribution in [0, 0.1) is 0 Å². The number of nitrogens with two attached hydrogens (primary N) is 1. The second-order valence-corrected chi connectivity index (χ2v) is 5.69. The summed E-state index contributed by atoms with van der Waals surface area (Å²) in [6.07, 6.45) is 0. The van der Waals surface area contributed by atoms with Gasteiger partial charge >= 0.3 is 0 Å². The van der Waals surface area contributed by atoms with Crippen molar-refractivity contribution >= 4 is 5.69 Å². The van der Waals surface area contributed by atoms with Gasteiger partial charge in [0.15, 0.2) is 0 Å². The Morgan fingerprint density at radius 1 is 1.28 bits per heavy atom. The number of nitrogen functional groups attached to an aromatic ring is 1. The third kappa shape index (κ3) is 3.91. The van der Waals surface area contributed by atoms with Gasteiger partial charge in [0.05, 0.1) is 17.9 Å². The third-order valence-electron chi connectivity index (χ3n) is 2.46. The Bertz CT molecular complexity index is 392. The lowest BCUT2D eigenvalue weighted by Gasteiger charge is -2.19. The molecule has 0 aliphatic rings. The van der Waals surface area contributed by atoms with Crippen LogP contribution in [0.5, 0.6) is 5.88 Å². The van der Waals surface area contributed by atoms with Gasteiger partial charge in [-0.25, -0.2) is 4.68 Å². The molecule has 104 valence electrons.